The van der Waals surface area contributed by atoms with Crippen molar-refractivity contribution < 1.29 is 9.50 Å². The zero-order chi connectivity index (χ0) is 27.9. The lowest BCUT2D eigenvalue weighted by molar-refractivity contribution is 0.00111. The van der Waals surface area contributed by atoms with Crippen LogP contribution in [0.15, 0.2) is 42.5 Å². The van der Waals surface area contributed by atoms with Crippen LogP contribution in [-0.4, -0.2) is 78.4 Å². The molecule has 2 unspecified atom stereocenters. The largest absolute Gasteiger partial charge is 0.508 e. The number of nitrogens with zero attached hydrogens (tertiary/aromatic N) is 5. The topological polar surface area (TPSA) is 67.8 Å². The number of hydrogen-bond acceptors (Lipinski definition) is 7. The SMILES string of the molecule is CN1CC2(CCN(c3nc(N4CC5CCC(C4)N5)c4cc(Cl)c(-c5cc(O)cc6ccccc56)c(F)c4n3)CC2)C1. The van der Waals surface area contributed by atoms with Crippen molar-refractivity contribution in [2.24, 2.45) is 5.41 Å². The Bertz CT molecular complexity index is 1670. The maximum Gasteiger partial charge on any atom is 0.227 e. The highest BCUT2D eigenvalue weighted by Crippen LogP contribution is 2.44. The van der Waals surface area contributed by atoms with Gasteiger partial charge < -0.3 is 25.1 Å². The van der Waals surface area contributed by atoms with Crippen LogP contribution in [0.5, 0.6) is 5.75 Å². The first-order valence-electron chi connectivity index (χ1n) is 14.7. The molecule has 0 radical (unpaired) electrons. The summed E-state index contributed by atoms with van der Waals surface area (Å²) in [5.41, 5.74) is 1.50. The number of nitrogens with one attached hydrogen (secondary N) is 1. The molecule has 4 saturated heterocycles. The van der Waals surface area contributed by atoms with Crippen LogP contribution in [0.3, 0.4) is 0 Å². The normalized spacial score (nSPS) is 24.0. The van der Waals surface area contributed by atoms with Gasteiger partial charge in [-0.1, -0.05) is 35.9 Å². The van der Waals surface area contributed by atoms with Crippen LogP contribution in [-0.2, 0) is 0 Å². The summed E-state index contributed by atoms with van der Waals surface area (Å²) in [6, 6.07) is 13.6. The number of phenolic OH excluding ortho intramolecular Hbond substituents is 1. The Morgan fingerprint density at radius 1 is 0.976 bits per heavy atom. The second-order valence-corrected chi connectivity index (χ2v) is 13.1. The van der Waals surface area contributed by atoms with E-state index in [9.17, 15) is 5.11 Å². The Morgan fingerprint density at radius 3 is 2.44 bits per heavy atom. The fourth-order valence-corrected chi connectivity index (χ4v) is 8.16. The Morgan fingerprint density at radius 2 is 1.71 bits per heavy atom. The molecular weight excluding hydrogens is 539 g/mol. The summed E-state index contributed by atoms with van der Waals surface area (Å²) < 4.78 is 16.9. The molecule has 3 aromatic carbocycles. The molecule has 1 aromatic heterocycles. The highest BCUT2D eigenvalue weighted by Gasteiger charge is 2.43. The van der Waals surface area contributed by atoms with Crippen LogP contribution in [0.2, 0.25) is 5.02 Å². The third-order valence-corrected chi connectivity index (χ3v) is 10.1. The number of aromatic hydroxyl groups is 1. The number of halogens is 2. The number of benzene rings is 3. The van der Waals surface area contributed by atoms with E-state index in [1.165, 1.54) is 0 Å². The van der Waals surface area contributed by atoms with Crippen molar-refractivity contribution in [3.63, 3.8) is 0 Å². The van der Waals surface area contributed by atoms with Gasteiger partial charge in [0.25, 0.3) is 0 Å². The minimum atomic E-state index is -0.472. The average molecular weight is 573 g/mol. The van der Waals surface area contributed by atoms with E-state index in [1.807, 2.05) is 30.3 Å². The average Bonchev–Trinajstić information content (AvgIpc) is 3.29. The molecule has 2 N–H and O–H groups in total. The van der Waals surface area contributed by atoms with Crippen LogP contribution in [0.25, 0.3) is 32.8 Å². The van der Waals surface area contributed by atoms with Gasteiger partial charge in [0, 0.05) is 62.3 Å². The van der Waals surface area contributed by atoms with Crippen LogP contribution in [0, 0.1) is 11.2 Å². The third-order valence-electron chi connectivity index (χ3n) is 9.80. The van der Waals surface area contributed by atoms with Gasteiger partial charge in [0.1, 0.15) is 17.1 Å². The fourth-order valence-electron chi connectivity index (χ4n) is 7.87. The van der Waals surface area contributed by atoms with E-state index in [2.05, 4.69) is 27.1 Å². The molecule has 4 aliphatic rings. The van der Waals surface area contributed by atoms with Gasteiger partial charge in [0.15, 0.2) is 5.82 Å². The van der Waals surface area contributed by atoms with Gasteiger partial charge >= 0.3 is 0 Å². The molecule has 9 heteroatoms. The lowest BCUT2D eigenvalue weighted by atomic mass is 9.72. The van der Waals surface area contributed by atoms with Crippen molar-refractivity contribution in [2.75, 3.05) is 56.1 Å². The summed E-state index contributed by atoms with van der Waals surface area (Å²) in [5.74, 6) is 0.952. The highest BCUT2D eigenvalue weighted by atomic mass is 35.5. The van der Waals surface area contributed by atoms with Crippen molar-refractivity contribution in [1.29, 1.82) is 0 Å². The van der Waals surface area contributed by atoms with E-state index in [0.29, 0.717) is 34.4 Å². The Labute approximate surface area is 243 Å². The number of aromatic nitrogens is 2. The lowest BCUT2D eigenvalue weighted by Crippen LogP contribution is -2.59. The van der Waals surface area contributed by atoms with Crippen LogP contribution in [0.1, 0.15) is 25.7 Å². The molecule has 2 bridgehead atoms. The van der Waals surface area contributed by atoms with E-state index >= 15 is 4.39 Å². The first-order chi connectivity index (χ1) is 19.9. The van der Waals surface area contributed by atoms with Gasteiger partial charge in [0.2, 0.25) is 5.95 Å². The number of rotatable bonds is 3. The van der Waals surface area contributed by atoms with Crippen LogP contribution < -0.4 is 15.1 Å². The molecule has 0 saturated carbocycles. The summed E-state index contributed by atoms with van der Waals surface area (Å²) >= 11 is 6.91. The molecule has 0 amide bonds. The lowest BCUT2D eigenvalue weighted by Gasteiger charge is -2.52. The van der Waals surface area contributed by atoms with Gasteiger partial charge in [0.05, 0.1) is 5.02 Å². The van der Waals surface area contributed by atoms with E-state index in [0.717, 1.165) is 81.5 Å². The zero-order valence-corrected chi connectivity index (χ0v) is 24.0. The van der Waals surface area contributed by atoms with E-state index in [-0.39, 0.29) is 21.9 Å². The maximum atomic E-state index is 16.9. The molecule has 1 spiro atoms. The minimum Gasteiger partial charge on any atom is -0.508 e. The smallest absolute Gasteiger partial charge is 0.227 e. The fraction of sp³-hybridized carbons (Fsp3) is 0.438. The molecule has 2 atom stereocenters. The quantitative estimate of drug-likeness (QED) is 0.340. The highest BCUT2D eigenvalue weighted by molar-refractivity contribution is 6.35. The van der Waals surface area contributed by atoms with E-state index in [1.54, 1.807) is 12.1 Å². The Hall–Kier alpha value is -3.20. The van der Waals surface area contributed by atoms with Crippen molar-refractivity contribution in [1.82, 2.24) is 20.2 Å². The molecule has 4 aromatic rings. The van der Waals surface area contributed by atoms with E-state index in [4.69, 9.17) is 21.6 Å². The summed E-state index contributed by atoms with van der Waals surface area (Å²) in [5, 5.41) is 16.8. The van der Waals surface area contributed by atoms with Crippen molar-refractivity contribution in [3.8, 4) is 16.9 Å². The molecule has 41 heavy (non-hydrogen) atoms. The van der Waals surface area contributed by atoms with Crippen molar-refractivity contribution in [3.05, 3.63) is 53.3 Å². The number of hydrogen-bond donors (Lipinski definition) is 2. The number of piperidine rings is 1. The number of fused-ring (bicyclic) bond motifs is 4. The third kappa shape index (κ3) is 4.22. The van der Waals surface area contributed by atoms with Gasteiger partial charge in [-0.2, -0.15) is 4.98 Å². The predicted molar refractivity (Wildman–Crippen MR) is 163 cm³/mol. The summed E-state index contributed by atoms with van der Waals surface area (Å²) in [6.07, 6.45) is 4.47. The number of piperazine rings is 1. The molecular formula is C32H34ClFN6O. The zero-order valence-electron chi connectivity index (χ0n) is 23.2. The van der Waals surface area contributed by atoms with Crippen LogP contribution in [0.4, 0.5) is 16.2 Å². The monoisotopic (exact) mass is 572 g/mol. The molecule has 8 rings (SSSR count). The summed E-state index contributed by atoms with van der Waals surface area (Å²) in [6.45, 7) is 5.67. The number of likely N-dealkylation sites (tertiary alicyclic amines) is 1. The second-order valence-electron chi connectivity index (χ2n) is 12.7. The first-order valence-corrected chi connectivity index (χ1v) is 15.1. The molecule has 4 fully saturated rings. The summed E-state index contributed by atoms with van der Waals surface area (Å²) in [4.78, 5) is 17.0. The van der Waals surface area contributed by atoms with Crippen LogP contribution >= 0.6 is 11.6 Å². The molecule has 0 aliphatic carbocycles. The second kappa shape index (κ2) is 9.41. The van der Waals surface area contributed by atoms with Gasteiger partial charge in [-0.3, -0.25) is 0 Å². The molecule has 5 heterocycles. The molecule has 212 valence electrons. The standard InChI is InChI=1S/C32H34ClFN6O/c1-38-17-32(18-38)8-10-39(11-9-32)31-36-29-25(30(37-31)40-15-20-6-7-21(16-40)35-20)14-26(33)27(28(29)34)24-13-22(41)12-19-4-2-3-5-23(19)24/h2-5,12-14,20-21,35,41H,6-11,15-18H2,1H3. The summed E-state index contributed by atoms with van der Waals surface area (Å²) in [7, 11) is 2.18. The molecule has 7 nitrogen and oxygen atoms in total. The van der Waals surface area contributed by atoms with Gasteiger partial charge in [-0.15, -0.1) is 0 Å². The Balaban J connectivity index is 1.29. The maximum absolute atomic E-state index is 16.9. The van der Waals surface area contributed by atoms with Crippen molar-refractivity contribution >= 4 is 45.0 Å². The van der Waals surface area contributed by atoms with E-state index < -0.39 is 5.82 Å². The minimum absolute atomic E-state index is 0.0681. The van der Waals surface area contributed by atoms with Crippen molar-refractivity contribution in [2.45, 2.75) is 37.8 Å². The first kappa shape index (κ1) is 25.5. The van der Waals surface area contributed by atoms with Gasteiger partial charge in [-0.05, 0) is 72.7 Å². The Kier molecular flexibility index (Phi) is 5.85. The number of anilines is 2. The predicted octanol–water partition coefficient (Wildman–Crippen LogP) is 5.42. The molecule has 4 aliphatic heterocycles. The number of phenols is 1. The van der Waals surface area contributed by atoms with Gasteiger partial charge in [-0.25, -0.2) is 9.37 Å².